The third kappa shape index (κ3) is 1.60. The van der Waals surface area contributed by atoms with Gasteiger partial charge in [-0.3, -0.25) is 0 Å². The molecule has 1 aromatic heterocycles. The van der Waals surface area contributed by atoms with Crippen molar-refractivity contribution in [2.75, 3.05) is 31.2 Å². The number of benzene rings is 1. The lowest BCUT2D eigenvalue weighted by Crippen LogP contribution is -2.36. The summed E-state index contributed by atoms with van der Waals surface area (Å²) in [5.41, 5.74) is 0. The van der Waals surface area contributed by atoms with E-state index in [1.807, 2.05) is 0 Å². The highest BCUT2D eigenvalue weighted by molar-refractivity contribution is 7.13. The molecule has 1 fully saturated rings. The highest BCUT2D eigenvalue weighted by Gasteiger charge is 2.16. The van der Waals surface area contributed by atoms with Gasteiger partial charge < -0.3 is 9.64 Å². The van der Waals surface area contributed by atoms with Crippen LogP contribution in [0.3, 0.4) is 0 Å². The number of ether oxygens (including phenoxy) is 1. The number of hydrogen-bond donors (Lipinski definition) is 0. The predicted molar refractivity (Wildman–Crippen MR) is 62.7 cm³/mol. The zero-order valence-electron chi connectivity index (χ0n) is 8.35. The quantitative estimate of drug-likeness (QED) is 0.736. The number of rotatable bonds is 1. The van der Waals surface area contributed by atoms with Gasteiger partial charge in [0.05, 0.1) is 17.9 Å². The van der Waals surface area contributed by atoms with E-state index in [2.05, 4.69) is 33.5 Å². The van der Waals surface area contributed by atoms with Crippen molar-refractivity contribution < 1.29 is 4.74 Å². The van der Waals surface area contributed by atoms with E-state index in [1.54, 1.807) is 11.5 Å². The Kier molecular flexibility index (Phi) is 2.31. The maximum atomic E-state index is 5.34. The van der Waals surface area contributed by atoms with Gasteiger partial charge in [0.1, 0.15) is 5.82 Å². The Morgan fingerprint density at radius 2 is 2.00 bits per heavy atom. The summed E-state index contributed by atoms with van der Waals surface area (Å²) in [4.78, 5) is 2.31. The number of morpholine rings is 1. The molecule has 1 aliphatic rings. The van der Waals surface area contributed by atoms with Crippen LogP contribution in [0.1, 0.15) is 0 Å². The summed E-state index contributed by atoms with van der Waals surface area (Å²) in [7, 11) is 0. The lowest BCUT2D eigenvalue weighted by molar-refractivity contribution is 0.122. The second-order valence-corrected chi connectivity index (χ2v) is 4.41. The van der Waals surface area contributed by atoms with Crippen LogP contribution in [0.2, 0.25) is 0 Å². The predicted octanol–water partition coefficient (Wildman–Crippen LogP) is 2.13. The minimum absolute atomic E-state index is 0.811. The molecule has 4 heteroatoms. The highest BCUT2D eigenvalue weighted by atomic mass is 32.1. The SMILES string of the molecule is c1ccc2c(N3CCOCC3)nsc2c1. The molecule has 2 heterocycles. The van der Waals surface area contributed by atoms with Crippen molar-refractivity contribution in [2.45, 2.75) is 0 Å². The molecule has 0 bridgehead atoms. The van der Waals surface area contributed by atoms with Crippen molar-refractivity contribution in [1.82, 2.24) is 4.37 Å². The van der Waals surface area contributed by atoms with Crippen molar-refractivity contribution in [1.29, 1.82) is 0 Å². The number of aromatic nitrogens is 1. The third-order valence-electron chi connectivity index (χ3n) is 2.67. The van der Waals surface area contributed by atoms with E-state index in [0.29, 0.717) is 0 Å². The summed E-state index contributed by atoms with van der Waals surface area (Å²) < 4.78 is 11.1. The Morgan fingerprint density at radius 3 is 2.87 bits per heavy atom. The number of hydrogen-bond acceptors (Lipinski definition) is 4. The first kappa shape index (κ1) is 9.12. The summed E-state index contributed by atoms with van der Waals surface area (Å²) >= 11 is 1.58. The van der Waals surface area contributed by atoms with Crippen molar-refractivity contribution >= 4 is 27.4 Å². The molecule has 2 aromatic rings. The van der Waals surface area contributed by atoms with E-state index in [4.69, 9.17) is 4.74 Å². The first-order valence-corrected chi connectivity index (χ1v) is 5.89. The molecule has 0 unspecified atom stereocenters. The normalized spacial score (nSPS) is 17.2. The zero-order valence-corrected chi connectivity index (χ0v) is 9.17. The van der Waals surface area contributed by atoms with Crippen LogP contribution in [0.15, 0.2) is 24.3 Å². The molecule has 0 radical (unpaired) electrons. The molecule has 3 rings (SSSR count). The zero-order chi connectivity index (χ0) is 10.1. The molecule has 0 amide bonds. The minimum Gasteiger partial charge on any atom is -0.378 e. The minimum atomic E-state index is 0.811. The Morgan fingerprint density at radius 1 is 1.20 bits per heavy atom. The Bertz CT molecular complexity index is 462. The molecule has 78 valence electrons. The standard InChI is InChI=1S/C11H12N2OS/c1-2-4-10-9(3-1)11(12-15-10)13-5-7-14-8-6-13/h1-4H,5-8H2. The van der Waals surface area contributed by atoms with E-state index < -0.39 is 0 Å². The molecule has 0 N–H and O–H groups in total. The fraction of sp³-hybridized carbons (Fsp3) is 0.364. The first-order chi connectivity index (χ1) is 7.45. The average Bonchev–Trinajstić information content (AvgIpc) is 2.74. The van der Waals surface area contributed by atoms with E-state index in [-0.39, 0.29) is 0 Å². The second kappa shape index (κ2) is 3.79. The maximum Gasteiger partial charge on any atom is 0.150 e. The summed E-state index contributed by atoms with van der Waals surface area (Å²) in [5.74, 6) is 1.12. The van der Waals surface area contributed by atoms with Gasteiger partial charge in [0.25, 0.3) is 0 Å². The molecule has 0 atom stereocenters. The van der Waals surface area contributed by atoms with Crippen LogP contribution >= 0.6 is 11.5 Å². The lowest BCUT2D eigenvalue weighted by Gasteiger charge is -2.26. The molecule has 15 heavy (non-hydrogen) atoms. The van der Waals surface area contributed by atoms with Crippen LogP contribution in [0, 0.1) is 0 Å². The van der Waals surface area contributed by atoms with E-state index >= 15 is 0 Å². The fourth-order valence-electron chi connectivity index (χ4n) is 1.88. The molecular formula is C11H12N2OS. The van der Waals surface area contributed by atoms with Crippen molar-refractivity contribution in [2.24, 2.45) is 0 Å². The number of nitrogens with zero attached hydrogens (tertiary/aromatic N) is 2. The Balaban J connectivity index is 2.02. The molecule has 0 saturated carbocycles. The summed E-state index contributed by atoms with van der Waals surface area (Å²) in [6.45, 7) is 3.53. The largest absolute Gasteiger partial charge is 0.378 e. The smallest absolute Gasteiger partial charge is 0.150 e. The molecule has 1 aliphatic heterocycles. The molecule has 0 aliphatic carbocycles. The molecule has 1 aromatic carbocycles. The van der Waals surface area contributed by atoms with Gasteiger partial charge in [0.15, 0.2) is 0 Å². The van der Waals surface area contributed by atoms with Crippen LogP contribution in [0.25, 0.3) is 10.1 Å². The van der Waals surface area contributed by atoms with E-state index in [1.165, 1.54) is 10.1 Å². The lowest BCUT2D eigenvalue weighted by atomic mass is 10.2. The average molecular weight is 220 g/mol. The monoisotopic (exact) mass is 220 g/mol. The summed E-state index contributed by atoms with van der Waals surface area (Å²) in [6.07, 6.45) is 0. The van der Waals surface area contributed by atoms with Gasteiger partial charge in [-0.15, -0.1) is 0 Å². The molecular weight excluding hydrogens is 208 g/mol. The van der Waals surface area contributed by atoms with Crippen LogP contribution in [-0.4, -0.2) is 30.7 Å². The maximum absolute atomic E-state index is 5.34. The van der Waals surface area contributed by atoms with Gasteiger partial charge >= 0.3 is 0 Å². The second-order valence-electron chi connectivity index (χ2n) is 3.60. The van der Waals surface area contributed by atoms with Crippen LogP contribution in [0.4, 0.5) is 5.82 Å². The van der Waals surface area contributed by atoms with Gasteiger partial charge in [0.2, 0.25) is 0 Å². The highest BCUT2D eigenvalue weighted by Crippen LogP contribution is 2.29. The summed E-state index contributed by atoms with van der Waals surface area (Å²) in [5, 5.41) is 1.27. The number of fused-ring (bicyclic) bond motifs is 1. The van der Waals surface area contributed by atoms with E-state index in [9.17, 15) is 0 Å². The first-order valence-electron chi connectivity index (χ1n) is 5.12. The van der Waals surface area contributed by atoms with Crippen molar-refractivity contribution in [3.63, 3.8) is 0 Å². The van der Waals surface area contributed by atoms with E-state index in [0.717, 1.165) is 32.1 Å². The van der Waals surface area contributed by atoms with Gasteiger partial charge in [-0.2, -0.15) is 4.37 Å². The van der Waals surface area contributed by atoms with Crippen LogP contribution in [0.5, 0.6) is 0 Å². The number of anilines is 1. The molecule has 0 spiro atoms. The third-order valence-corrected chi connectivity index (χ3v) is 3.49. The van der Waals surface area contributed by atoms with Crippen LogP contribution < -0.4 is 4.90 Å². The van der Waals surface area contributed by atoms with Crippen molar-refractivity contribution in [3.05, 3.63) is 24.3 Å². The molecule has 3 nitrogen and oxygen atoms in total. The fourth-order valence-corrected chi connectivity index (χ4v) is 2.67. The Labute approximate surface area is 92.4 Å². The van der Waals surface area contributed by atoms with Gasteiger partial charge in [-0.05, 0) is 23.7 Å². The van der Waals surface area contributed by atoms with Gasteiger partial charge in [-0.1, -0.05) is 12.1 Å². The van der Waals surface area contributed by atoms with Crippen molar-refractivity contribution in [3.8, 4) is 0 Å². The summed E-state index contributed by atoms with van der Waals surface area (Å²) in [6, 6.07) is 8.39. The Hall–Kier alpha value is -1.13. The topological polar surface area (TPSA) is 25.4 Å². The molecule has 1 saturated heterocycles. The van der Waals surface area contributed by atoms with Crippen LogP contribution in [-0.2, 0) is 4.74 Å². The van der Waals surface area contributed by atoms with Gasteiger partial charge in [0, 0.05) is 18.5 Å². The van der Waals surface area contributed by atoms with Gasteiger partial charge in [-0.25, -0.2) is 0 Å².